The number of rotatable bonds is 7. The number of unbranched alkanes of at least 4 members (excludes halogenated alkanes) is 2. The van der Waals surface area contributed by atoms with Gasteiger partial charge in [-0.3, -0.25) is 4.79 Å². The van der Waals surface area contributed by atoms with Crippen molar-refractivity contribution in [1.82, 2.24) is 20.2 Å². The van der Waals surface area contributed by atoms with Crippen molar-refractivity contribution in [3.05, 3.63) is 29.3 Å². The molecule has 20 heavy (non-hydrogen) atoms. The molecule has 0 aliphatic carbocycles. The van der Waals surface area contributed by atoms with Crippen molar-refractivity contribution < 1.29 is 9.90 Å². The van der Waals surface area contributed by atoms with E-state index >= 15 is 0 Å². The summed E-state index contributed by atoms with van der Waals surface area (Å²) in [6.45, 7) is 0.671. The summed E-state index contributed by atoms with van der Waals surface area (Å²) in [6.07, 6.45) is 2.57. The lowest BCUT2D eigenvalue weighted by atomic mass is 10.2. The number of tetrazole rings is 1. The first-order chi connectivity index (χ1) is 9.66. The van der Waals surface area contributed by atoms with Crippen LogP contribution >= 0.6 is 11.6 Å². The van der Waals surface area contributed by atoms with E-state index in [1.54, 1.807) is 16.8 Å². The maximum atomic E-state index is 10.4. The van der Waals surface area contributed by atoms with E-state index in [9.17, 15) is 4.79 Å². The highest BCUT2D eigenvalue weighted by atomic mass is 35.5. The Kier molecular flexibility index (Phi) is 5.06. The molecule has 0 amide bonds. The number of nitrogens with zero attached hydrogens (tertiary/aromatic N) is 4. The summed E-state index contributed by atoms with van der Waals surface area (Å²) in [4.78, 5) is 10.4. The lowest BCUT2D eigenvalue weighted by molar-refractivity contribution is -0.137. The highest BCUT2D eigenvalue weighted by Gasteiger charge is 2.08. The molecule has 0 saturated heterocycles. The zero-order valence-corrected chi connectivity index (χ0v) is 11.6. The number of hydrogen-bond donors (Lipinski definition) is 1. The molecule has 0 atom stereocenters. The molecule has 1 aromatic heterocycles. The normalized spacial score (nSPS) is 10.7. The van der Waals surface area contributed by atoms with Gasteiger partial charge in [-0.15, -0.1) is 5.10 Å². The molecule has 2 rings (SSSR count). The summed E-state index contributed by atoms with van der Waals surface area (Å²) in [6, 6.07) is 7.33. The van der Waals surface area contributed by atoms with Gasteiger partial charge in [-0.2, -0.15) is 0 Å². The molecule has 0 bridgehead atoms. The van der Waals surface area contributed by atoms with Gasteiger partial charge in [0.2, 0.25) is 0 Å². The Hall–Kier alpha value is -1.95. The lowest BCUT2D eigenvalue weighted by Crippen LogP contribution is -2.03. The molecular weight excluding hydrogens is 280 g/mol. The van der Waals surface area contributed by atoms with Gasteiger partial charge in [-0.25, -0.2) is 4.68 Å². The van der Waals surface area contributed by atoms with E-state index in [1.807, 2.05) is 12.1 Å². The fourth-order valence-electron chi connectivity index (χ4n) is 1.88. The molecule has 0 aliphatic rings. The van der Waals surface area contributed by atoms with Crippen LogP contribution in [0, 0.1) is 0 Å². The predicted molar refractivity (Wildman–Crippen MR) is 74.4 cm³/mol. The van der Waals surface area contributed by atoms with Gasteiger partial charge in [0.05, 0.1) is 0 Å². The monoisotopic (exact) mass is 294 g/mol. The molecule has 6 nitrogen and oxygen atoms in total. The minimum atomic E-state index is -0.755. The predicted octanol–water partition coefficient (Wildman–Crippen LogP) is 2.64. The van der Waals surface area contributed by atoms with Crippen molar-refractivity contribution in [1.29, 1.82) is 0 Å². The fourth-order valence-corrected chi connectivity index (χ4v) is 2.00. The molecule has 2 aromatic rings. The van der Waals surface area contributed by atoms with Gasteiger partial charge < -0.3 is 5.11 Å². The Balaban J connectivity index is 1.92. The van der Waals surface area contributed by atoms with Gasteiger partial charge in [0.15, 0.2) is 5.82 Å². The van der Waals surface area contributed by atoms with E-state index in [1.165, 1.54) is 0 Å². The van der Waals surface area contributed by atoms with Crippen molar-refractivity contribution in [2.75, 3.05) is 0 Å². The molecule has 1 aromatic carbocycles. The van der Waals surface area contributed by atoms with E-state index in [-0.39, 0.29) is 6.42 Å². The second-order valence-corrected chi connectivity index (χ2v) is 4.87. The Morgan fingerprint density at radius 1 is 1.20 bits per heavy atom. The number of halogens is 1. The fraction of sp³-hybridized carbons (Fsp3) is 0.385. The number of carbonyl (C=O) groups is 1. The minimum absolute atomic E-state index is 0.208. The largest absolute Gasteiger partial charge is 0.481 e. The summed E-state index contributed by atoms with van der Waals surface area (Å²) < 4.78 is 1.73. The van der Waals surface area contributed by atoms with Gasteiger partial charge in [-0.05, 0) is 47.5 Å². The average molecular weight is 295 g/mol. The average Bonchev–Trinajstić information content (AvgIpc) is 2.87. The first kappa shape index (κ1) is 14.5. The van der Waals surface area contributed by atoms with Gasteiger partial charge >= 0.3 is 5.97 Å². The zero-order chi connectivity index (χ0) is 14.4. The number of benzene rings is 1. The van der Waals surface area contributed by atoms with Gasteiger partial charge in [0.1, 0.15) is 0 Å². The van der Waals surface area contributed by atoms with E-state index in [2.05, 4.69) is 15.5 Å². The molecule has 0 spiro atoms. The van der Waals surface area contributed by atoms with Crippen LogP contribution in [0.4, 0.5) is 0 Å². The molecule has 0 fully saturated rings. The molecule has 1 heterocycles. The van der Waals surface area contributed by atoms with E-state index < -0.39 is 5.97 Å². The standard InChI is InChI=1S/C13H15ClN4O2/c14-11-7-5-10(6-8-11)13-15-16-17-18(13)9-3-1-2-4-12(19)20/h5-8H,1-4,9H2,(H,19,20). The Morgan fingerprint density at radius 3 is 2.65 bits per heavy atom. The van der Waals surface area contributed by atoms with Crippen LogP contribution in [0.5, 0.6) is 0 Å². The first-order valence-corrected chi connectivity index (χ1v) is 6.78. The molecule has 0 aliphatic heterocycles. The van der Waals surface area contributed by atoms with Gasteiger partial charge in [0.25, 0.3) is 0 Å². The number of hydrogen-bond acceptors (Lipinski definition) is 4. The van der Waals surface area contributed by atoms with Crippen LogP contribution in [-0.4, -0.2) is 31.3 Å². The topological polar surface area (TPSA) is 80.9 Å². The summed E-state index contributed by atoms with van der Waals surface area (Å²) in [5.74, 6) is -0.0609. The van der Waals surface area contributed by atoms with Crippen LogP contribution in [0.25, 0.3) is 11.4 Å². The van der Waals surface area contributed by atoms with Crippen molar-refractivity contribution in [2.24, 2.45) is 0 Å². The molecule has 0 unspecified atom stereocenters. The maximum absolute atomic E-state index is 10.4. The SMILES string of the molecule is O=C(O)CCCCCn1nnnc1-c1ccc(Cl)cc1. The molecule has 1 N–H and O–H groups in total. The van der Waals surface area contributed by atoms with Gasteiger partial charge in [0, 0.05) is 23.6 Å². The third-order valence-corrected chi connectivity index (χ3v) is 3.15. The van der Waals surface area contributed by atoms with Crippen molar-refractivity contribution in [3.63, 3.8) is 0 Å². The molecule has 106 valence electrons. The van der Waals surface area contributed by atoms with Crippen molar-refractivity contribution >= 4 is 17.6 Å². The minimum Gasteiger partial charge on any atom is -0.481 e. The summed E-state index contributed by atoms with van der Waals surface area (Å²) in [5.41, 5.74) is 0.907. The van der Waals surface area contributed by atoms with Crippen LogP contribution in [-0.2, 0) is 11.3 Å². The highest BCUT2D eigenvalue weighted by molar-refractivity contribution is 6.30. The van der Waals surface area contributed by atoms with Crippen molar-refractivity contribution in [2.45, 2.75) is 32.2 Å². The second kappa shape index (κ2) is 7.00. The molecule has 0 saturated carbocycles. The third kappa shape index (κ3) is 4.03. The lowest BCUT2D eigenvalue weighted by Gasteiger charge is -2.04. The van der Waals surface area contributed by atoms with Crippen LogP contribution < -0.4 is 0 Å². The Bertz CT molecular complexity index is 568. The zero-order valence-electron chi connectivity index (χ0n) is 10.9. The second-order valence-electron chi connectivity index (χ2n) is 4.44. The van der Waals surface area contributed by atoms with E-state index in [0.717, 1.165) is 18.4 Å². The summed E-state index contributed by atoms with van der Waals surface area (Å²) in [7, 11) is 0. The number of aliphatic carboxylic acids is 1. The number of aromatic nitrogens is 4. The quantitative estimate of drug-likeness (QED) is 0.794. The molecule has 7 heteroatoms. The van der Waals surface area contributed by atoms with Crippen molar-refractivity contribution in [3.8, 4) is 11.4 Å². The number of carboxylic acids is 1. The third-order valence-electron chi connectivity index (χ3n) is 2.89. The van der Waals surface area contributed by atoms with E-state index in [0.29, 0.717) is 23.8 Å². The van der Waals surface area contributed by atoms with Crippen LogP contribution in [0.2, 0.25) is 5.02 Å². The van der Waals surface area contributed by atoms with Crippen LogP contribution in [0.3, 0.4) is 0 Å². The summed E-state index contributed by atoms with van der Waals surface area (Å²) in [5, 5.41) is 20.9. The van der Waals surface area contributed by atoms with Crippen LogP contribution in [0.1, 0.15) is 25.7 Å². The number of carboxylic acid groups (broad SMARTS) is 1. The summed E-state index contributed by atoms with van der Waals surface area (Å²) >= 11 is 5.85. The Morgan fingerprint density at radius 2 is 1.95 bits per heavy atom. The maximum Gasteiger partial charge on any atom is 0.303 e. The van der Waals surface area contributed by atoms with Gasteiger partial charge in [-0.1, -0.05) is 18.0 Å². The van der Waals surface area contributed by atoms with Crippen LogP contribution in [0.15, 0.2) is 24.3 Å². The first-order valence-electron chi connectivity index (χ1n) is 6.41. The Labute approximate surface area is 121 Å². The number of aryl methyl sites for hydroxylation is 1. The highest BCUT2D eigenvalue weighted by Crippen LogP contribution is 2.19. The van der Waals surface area contributed by atoms with E-state index in [4.69, 9.17) is 16.7 Å². The molecular formula is C13H15ClN4O2. The smallest absolute Gasteiger partial charge is 0.303 e. The molecule has 0 radical (unpaired) electrons.